The number of carboxylic acid groups (broad SMARTS) is 1. The first-order valence-electron chi connectivity index (χ1n) is 5.84. The molecule has 0 radical (unpaired) electrons. The summed E-state index contributed by atoms with van der Waals surface area (Å²) in [5.74, 6) is -0.803. The average Bonchev–Trinajstić information content (AvgIpc) is 2.15. The van der Waals surface area contributed by atoms with Crippen LogP contribution >= 0.6 is 0 Å². The second kappa shape index (κ2) is 5.32. The third kappa shape index (κ3) is 3.86. The minimum Gasteiger partial charge on any atom is -0.481 e. The van der Waals surface area contributed by atoms with E-state index in [1.165, 1.54) is 0 Å². The lowest BCUT2D eigenvalue weighted by Crippen LogP contribution is -2.38. The molecule has 17 heavy (non-hydrogen) atoms. The zero-order valence-corrected chi connectivity index (χ0v) is 10.7. The Bertz CT molecular complexity index is 368. The van der Waals surface area contributed by atoms with Crippen LogP contribution in [0, 0.1) is 5.41 Å². The highest BCUT2D eigenvalue weighted by atomic mass is 16.4. The molecule has 2 atom stereocenters. The summed E-state index contributed by atoms with van der Waals surface area (Å²) in [5, 5.41) is 8.87. The summed E-state index contributed by atoms with van der Waals surface area (Å²) in [6, 6.07) is 9.53. The van der Waals surface area contributed by atoms with Gasteiger partial charge in [0, 0.05) is 12.0 Å². The molecule has 0 saturated heterocycles. The maximum absolute atomic E-state index is 10.8. The normalized spacial score (nSPS) is 15.3. The molecule has 0 amide bonds. The van der Waals surface area contributed by atoms with Crippen molar-refractivity contribution in [2.45, 2.75) is 39.2 Å². The number of aliphatic carboxylic acids is 1. The number of nitrogens with two attached hydrogens (primary N) is 1. The minimum absolute atomic E-state index is 0.00314. The van der Waals surface area contributed by atoms with E-state index < -0.39 is 5.97 Å². The van der Waals surface area contributed by atoms with Crippen molar-refractivity contribution in [2.24, 2.45) is 11.1 Å². The topological polar surface area (TPSA) is 63.3 Å². The molecule has 0 aliphatic carbocycles. The van der Waals surface area contributed by atoms with Gasteiger partial charge in [0.1, 0.15) is 0 Å². The van der Waals surface area contributed by atoms with Crippen LogP contribution < -0.4 is 5.73 Å². The summed E-state index contributed by atoms with van der Waals surface area (Å²) >= 11 is 0. The third-order valence-corrected chi connectivity index (χ3v) is 2.93. The van der Waals surface area contributed by atoms with Crippen molar-refractivity contribution in [3.8, 4) is 0 Å². The number of carboxylic acids is 1. The predicted molar refractivity (Wildman–Crippen MR) is 68.9 cm³/mol. The Labute approximate surface area is 103 Å². The molecule has 1 unspecified atom stereocenters. The number of hydrogen-bond acceptors (Lipinski definition) is 2. The van der Waals surface area contributed by atoms with Crippen molar-refractivity contribution in [2.75, 3.05) is 0 Å². The predicted octanol–water partition coefficient (Wildman–Crippen LogP) is 2.62. The molecule has 0 aromatic heterocycles. The summed E-state index contributed by atoms with van der Waals surface area (Å²) in [6.45, 7) is 6.27. The van der Waals surface area contributed by atoms with Crippen LogP contribution in [0.1, 0.15) is 38.7 Å². The van der Waals surface area contributed by atoms with Gasteiger partial charge in [-0.2, -0.15) is 0 Å². The van der Waals surface area contributed by atoms with Crippen LogP contribution in [0.3, 0.4) is 0 Å². The van der Waals surface area contributed by atoms with E-state index in [9.17, 15) is 4.79 Å². The summed E-state index contributed by atoms with van der Waals surface area (Å²) < 4.78 is 0. The molecule has 1 aromatic rings. The molecule has 1 rings (SSSR count). The van der Waals surface area contributed by atoms with Gasteiger partial charge in [-0.25, -0.2) is 0 Å². The molecule has 0 heterocycles. The van der Waals surface area contributed by atoms with Gasteiger partial charge in [0.25, 0.3) is 0 Å². The molecule has 0 saturated carbocycles. The lowest BCUT2D eigenvalue weighted by molar-refractivity contribution is -0.137. The van der Waals surface area contributed by atoms with Gasteiger partial charge in [-0.3, -0.25) is 4.79 Å². The molecule has 3 N–H and O–H groups in total. The van der Waals surface area contributed by atoms with Gasteiger partial charge in [0.15, 0.2) is 0 Å². The van der Waals surface area contributed by atoms with Crippen LogP contribution in [0.25, 0.3) is 0 Å². The largest absolute Gasteiger partial charge is 0.481 e. The molecule has 0 aliphatic heterocycles. The highest BCUT2D eigenvalue weighted by Crippen LogP contribution is 2.37. The van der Waals surface area contributed by atoms with Gasteiger partial charge in [0.05, 0.1) is 6.42 Å². The fourth-order valence-corrected chi connectivity index (χ4v) is 2.37. The van der Waals surface area contributed by atoms with Gasteiger partial charge in [-0.1, -0.05) is 51.1 Å². The Morgan fingerprint density at radius 3 is 2.24 bits per heavy atom. The summed E-state index contributed by atoms with van der Waals surface area (Å²) in [7, 11) is 0. The van der Waals surface area contributed by atoms with Crippen LogP contribution in [-0.2, 0) is 4.79 Å². The standard InChI is InChI=1S/C14H21NO2/c1-14(2,3)13(11(15)9-12(16)17)10-7-5-4-6-8-10/h4-8,11,13H,9,15H2,1-3H3,(H,16,17)/t11-,13?/m1/s1. The quantitative estimate of drug-likeness (QED) is 0.843. The third-order valence-electron chi connectivity index (χ3n) is 2.93. The molecule has 3 nitrogen and oxygen atoms in total. The fourth-order valence-electron chi connectivity index (χ4n) is 2.37. The van der Waals surface area contributed by atoms with E-state index in [1.807, 2.05) is 30.3 Å². The lowest BCUT2D eigenvalue weighted by Gasteiger charge is -2.35. The van der Waals surface area contributed by atoms with Crippen LogP contribution in [0.4, 0.5) is 0 Å². The van der Waals surface area contributed by atoms with Crippen molar-refractivity contribution in [3.05, 3.63) is 35.9 Å². The zero-order valence-electron chi connectivity index (χ0n) is 10.7. The van der Waals surface area contributed by atoms with E-state index in [1.54, 1.807) is 0 Å². The van der Waals surface area contributed by atoms with Gasteiger partial charge in [-0.05, 0) is 11.0 Å². The van der Waals surface area contributed by atoms with E-state index in [0.717, 1.165) is 5.56 Å². The maximum atomic E-state index is 10.8. The molecule has 94 valence electrons. The monoisotopic (exact) mass is 235 g/mol. The average molecular weight is 235 g/mol. The van der Waals surface area contributed by atoms with Crippen LogP contribution in [-0.4, -0.2) is 17.1 Å². The second-order valence-electron chi connectivity index (χ2n) is 5.52. The van der Waals surface area contributed by atoms with E-state index in [-0.39, 0.29) is 23.8 Å². The van der Waals surface area contributed by atoms with Gasteiger partial charge >= 0.3 is 5.97 Å². The SMILES string of the molecule is CC(C)(C)C(c1ccccc1)[C@H](N)CC(=O)O. The van der Waals surface area contributed by atoms with Crippen molar-refractivity contribution >= 4 is 5.97 Å². The summed E-state index contributed by atoms with van der Waals surface area (Å²) in [5.41, 5.74) is 7.10. The van der Waals surface area contributed by atoms with E-state index in [4.69, 9.17) is 10.8 Å². The summed E-state index contributed by atoms with van der Waals surface area (Å²) in [6.07, 6.45) is -0.00314. The smallest absolute Gasteiger partial charge is 0.304 e. The molecule has 0 fully saturated rings. The second-order valence-corrected chi connectivity index (χ2v) is 5.52. The van der Waals surface area contributed by atoms with Gasteiger partial charge < -0.3 is 10.8 Å². The first-order valence-corrected chi connectivity index (χ1v) is 5.84. The molecular weight excluding hydrogens is 214 g/mol. The lowest BCUT2D eigenvalue weighted by atomic mass is 9.72. The molecule has 0 bridgehead atoms. The van der Waals surface area contributed by atoms with Crippen molar-refractivity contribution in [1.29, 1.82) is 0 Å². The zero-order chi connectivity index (χ0) is 13.1. The van der Waals surface area contributed by atoms with Crippen LogP contribution in [0.5, 0.6) is 0 Å². The van der Waals surface area contributed by atoms with Gasteiger partial charge in [-0.15, -0.1) is 0 Å². The van der Waals surface area contributed by atoms with E-state index in [2.05, 4.69) is 20.8 Å². The van der Waals surface area contributed by atoms with E-state index >= 15 is 0 Å². The number of rotatable bonds is 4. The molecule has 0 aliphatic rings. The first-order chi connectivity index (χ1) is 7.82. The van der Waals surface area contributed by atoms with Crippen LogP contribution in [0.2, 0.25) is 0 Å². The fraction of sp³-hybridized carbons (Fsp3) is 0.500. The van der Waals surface area contributed by atoms with E-state index in [0.29, 0.717) is 0 Å². The minimum atomic E-state index is -0.845. The maximum Gasteiger partial charge on any atom is 0.304 e. The molecule has 3 heteroatoms. The highest BCUT2D eigenvalue weighted by Gasteiger charge is 2.32. The molecular formula is C14H21NO2. The van der Waals surface area contributed by atoms with Crippen LogP contribution in [0.15, 0.2) is 30.3 Å². The van der Waals surface area contributed by atoms with Crippen molar-refractivity contribution in [3.63, 3.8) is 0 Å². The Hall–Kier alpha value is -1.35. The van der Waals surface area contributed by atoms with Crippen molar-refractivity contribution in [1.82, 2.24) is 0 Å². The molecule has 1 aromatic carbocycles. The Kier molecular flexibility index (Phi) is 4.29. The molecule has 0 spiro atoms. The number of benzene rings is 1. The number of carbonyl (C=O) groups is 1. The highest BCUT2D eigenvalue weighted by molar-refractivity contribution is 5.67. The Morgan fingerprint density at radius 2 is 1.82 bits per heavy atom. The summed E-state index contributed by atoms with van der Waals surface area (Å²) in [4.78, 5) is 10.8. The Morgan fingerprint density at radius 1 is 1.29 bits per heavy atom. The Balaban J connectivity index is 3.01. The van der Waals surface area contributed by atoms with Crippen molar-refractivity contribution < 1.29 is 9.90 Å². The van der Waals surface area contributed by atoms with Gasteiger partial charge in [0.2, 0.25) is 0 Å². The first kappa shape index (κ1) is 13.7. The number of hydrogen-bond donors (Lipinski definition) is 2.